The van der Waals surface area contributed by atoms with Crippen LogP contribution in [0.5, 0.6) is 0 Å². The monoisotopic (exact) mass is 577 g/mol. The van der Waals surface area contributed by atoms with Gasteiger partial charge in [-0.25, -0.2) is 9.69 Å². The number of ether oxygens (including phenoxy) is 5. The number of cyclic esters (lactones) is 1. The zero-order valence-corrected chi connectivity index (χ0v) is 23.9. The van der Waals surface area contributed by atoms with Crippen LogP contribution in [0.25, 0.3) is 0 Å². The van der Waals surface area contributed by atoms with Crippen molar-refractivity contribution in [2.24, 2.45) is 5.92 Å². The summed E-state index contributed by atoms with van der Waals surface area (Å²) in [5.41, 5.74) is 0.966. The molecule has 0 bridgehead atoms. The van der Waals surface area contributed by atoms with Gasteiger partial charge in [-0.3, -0.25) is 19.2 Å². The van der Waals surface area contributed by atoms with Crippen molar-refractivity contribution in [1.29, 1.82) is 0 Å². The Hall–Kier alpha value is -3.45. The van der Waals surface area contributed by atoms with Gasteiger partial charge in [-0.1, -0.05) is 44.2 Å². The van der Waals surface area contributed by atoms with E-state index in [1.54, 1.807) is 13.8 Å². The van der Waals surface area contributed by atoms with Crippen LogP contribution in [0, 0.1) is 5.92 Å². The number of amides is 2. The number of ketones is 2. The fraction of sp³-hybridized carbons (Fsp3) is 0.552. The van der Waals surface area contributed by atoms with Crippen molar-refractivity contribution in [3.05, 3.63) is 48.0 Å². The van der Waals surface area contributed by atoms with Gasteiger partial charge in [0.25, 0.3) is 5.91 Å². The van der Waals surface area contributed by atoms with Crippen molar-refractivity contribution in [1.82, 2.24) is 4.90 Å². The van der Waals surface area contributed by atoms with Gasteiger partial charge < -0.3 is 28.8 Å². The highest BCUT2D eigenvalue weighted by molar-refractivity contribution is 6.05. The predicted molar refractivity (Wildman–Crippen MR) is 144 cm³/mol. The molecular formula is C29H39NO11. The molecule has 12 heteroatoms. The molecule has 0 aliphatic carbocycles. The summed E-state index contributed by atoms with van der Waals surface area (Å²) in [6.07, 6.45) is -2.41. The van der Waals surface area contributed by atoms with Gasteiger partial charge in [-0.05, 0) is 30.1 Å². The summed E-state index contributed by atoms with van der Waals surface area (Å²) < 4.78 is 26.4. The van der Waals surface area contributed by atoms with E-state index in [4.69, 9.17) is 23.7 Å². The molecule has 1 aliphatic heterocycles. The van der Waals surface area contributed by atoms with E-state index in [1.165, 1.54) is 0 Å². The summed E-state index contributed by atoms with van der Waals surface area (Å²) in [6.45, 7) is 5.12. The molecule has 0 radical (unpaired) electrons. The molecule has 1 aromatic rings. The number of methoxy groups -OCH3 is 1. The molecule has 0 aromatic heterocycles. The maximum absolute atomic E-state index is 13.2. The van der Waals surface area contributed by atoms with Crippen molar-refractivity contribution < 1.29 is 52.8 Å². The highest BCUT2D eigenvalue weighted by Crippen LogP contribution is 2.23. The first-order chi connectivity index (χ1) is 19.6. The number of hydrogen-bond donors (Lipinski definition) is 1. The van der Waals surface area contributed by atoms with Gasteiger partial charge in [0.1, 0.15) is 12.7 Å². The normalized spacial score (nSPS) is 17.4. The Bertz CT molecular complexity index is 1060. The average Bonchev–Trinajstić information content (AvgIpc) is 3.34. The summed E-state index contributed by atoms with van der Waals surface area (Å²) in [5.74, 6) is -3.14. The van der Waals surface area contributed by atoms with Crippen molar-refractivity contribution in [2.45, 2.75) is 64.6 Å². The van der Waals surface area contributed by atoms with Crippen LogP contribution in [0.15, 0.2) is 42.5 Å². The fourth-order valence-electron chi connectivity index (χ4n) is 3.98. The summed E-state index contributed by atoms with van der Waals surface area (Å²) in [5, 5.41) is 9.49. The minimum atomic E-state index is -1.72. The molecule has 41 heavy (non-hydrogen) atoms. The Balaban J connectivity index is 1.87. The highest BCUT2D eigenvalue weighted by atomic mass is 16.6. The topological polar surface area (TPSA) is 155 Å². The van der Waals surface area contributed by atoms with E-state index in [2.05, 4.69) is 0 Å². The Morgan fingerprint density at radius 3 is 2.44 bits per heavy atom. The Morgan fingerprint density at radius 1 is 1.12 bits per heavy atom. The Morgan fingerprint density at radius 2 is 1.83 bits per heavy atom. The minimum Gasteiger partial charge on any atom is -0.451 e. The largest absolute Gasteiger partial charge is 0.451 e. The zero-order valence-electron chi connectivity index (χ0n) is 23.9. The van der Waals surface area contributed by atoms with E-state index in [-0.39, 0.29) is 38.8 Å². The van der Waals surface area contributed by atoms with E-state index in [0.29, 0.717) is 13.0 Å². The van der Waals surface area contributed by atoms with Crippen LogP contribution in [0.4, 0.5) is 4.79 Å². The maximum Gasteiger partial charge on any atom is 0.417 e. The second-order valence-electron chi connectivity index (χ2n) is 9.76. The third-order valence-electron chi connectivity index (χ3n) is 6.24. The van der Waals surface area contributed by atoms with Gasteiger partial charge in [-0.15, -0.1) is 0 Å². The summed E-state index contributed by atoms with van der Waals surface area (Å²) in [7, 11) is 1.14. The van der Waals surface area contributed by atoms with Crippen LogP contribution >= 0.6 is 0 Å². The number of carbonyl (C=O) groups excluding carboxylic acids is 5. The Labute approximate surface area is 239 Å². The second-order valence-corrected chi connectivity index (χ2v) is 9.76. The number of benzene rings is 1. The molecule has 0 unspecified atom stereocenters. The third kappa shape index (κ3) is 10.8. The molecule has 1 aliphatic rings. The van der Waals surface area contributed by atoms with Crippen LogP contribution < -0.4 is 0 Å². The summed E-state index contributed by atoms with van der Waals surface area (Å²) in [4.78, 5) is 63.2. The van der Waals surface area contributed by atoms with E-state index in [9.17, 15) is 29.1 Å². The van der Waals surface area contributed by atoms with Gasteiger partial charge in [-0.2, -0.15) is 0 Å². The SMILES string of the molecule is CO[C@@H](C(=O)N1C(=O)OC[C@H]1C(C)C)[C@@H](OC(C)=O)C(=O)C=CC(=O)CCCOC[C@@H](CO)OCc1ccccc1. The first kappa shape index (κ1) is 33.8. The number of rotatable bonds is 18. The van der Waals surface area contributed by atoms with Gasteiger partial charge >= 0.3 is 12.1 Å². The van der Waals surface area contributed by atoms with Crippen molar-refractivity contribution in [3.8, 4) is 0 Å². The first-order valence-electron chi connectivity index (χ1n) is 13.4. The average molecular weight is 578 g/mol. The first-order valence-corrected chi connectivity index (χ1v) is 13.4. The number of aliphatic hydroxyl groups excluding tert-OH is 1. The molecule has 12 nitrogen and oxygen atoms in total. The lowest BCUT2D eigenvalue weighted by molar-refractivity contribution is -0.166. The van der Waals surface area contributed by atoms with Gasteiger partial charge in [0.15, 0.2) is 23.8 Å². The molecular weight excluding hydrogens is 538 g/mol. The molecule has 2 rings (SSSR count). The lowest BCUT2D eigenvalue weighted by Gasteiger charge is -2.29. The van der Waals surface area contributed by atoms with Crippen LogP contribution in [0.2, 0.25) is 0 Å². The zero-order chi connectivity index (χ0) is 30.4. The molecule has 1 aromatic carbocycles. The quantitative estimate of drug-likeness (QED) is 0.155. The summed E-state index contributed by atoms with van der Waals surface area (Å²) >= 11 is 0. The molecule has 2 amide bonds. The summed E-state index contributed by atoms with van der Waals surface area (Å²) in [6, 6.07) is 8.92. The van der Waals surface area contributed by atoms with E-state index in [0.717, 1.165) is 36.6 Å². The molecule has 226 valence electrons. The van der Waals surface area contributed by atoms with Gasteiger partial charge in [0.05, 0.1) is 25.9 Å². The van der Waals surface area contributed by atoms with Crippen LogP contribution in [-0.4, -0.2) is 97.4 Å². The smallest absolute Gasteiger partial charge is 0.417 e. The number of allylic oxidation sites excluding steroid dienone is 1. The number of imide groups is 1. The van der Waals surface area contributed by atoms with E-state index in [1.807, 2.05) is 30.3 Å². The number of carbonyl (C=O) groups is 5. The number of hydrogen-bond acceptors (Lipinski definition) is 11. The maximum atomic E-state index is 13.2. The Kier molecular flexibility index (Phi) is 14.3. The standard InChI is InChI=1S/C29H39NO11/c1-19(2)24-18-40-29(36)30(24)28(35)27(37-4)26(41-20(3)32)25(34)13-12-22(33)11-8-14-38-17-23(15-31)39-16-21-9-6-5-7-10-21/h5-7,9-10,12-13,19,23-24,26-27,31H,8,11,14-18H2,1-4H3/t23-,24+,26+,27-/m1/s1. The van der Waals surface area contributed by atoms with E-state index < -0.39 is 53.9 Å². The molecule has 0 spiro atoms. The second kappa shape index (κ2) is 17.4. The highest BCUT2D eigenvalue weighted by Gasteiger charge is 2.46. The third-order valence-corrected chi connectivity index (χ3v) is 6.24. The molecule has 1 N–H and O–H groups in total. The number of aliphatic hydroxyl groups is 1. The van der Waals surface area contributed by atoms with Crippen molar-refractivity contribution in [3.63, 3.8) is 0 Å². The number of esters is 1. The van der Waals surface area contributed by atoms with Crippen LogP contribution in [-0.2, 0) is 49.5 Å². The molecule has 1 fully saturated rings. The van der Waals surface area contributed by atoms with E-state index >= 15 is 0 Å². The van der Waals surface area contributed by atoms with Crippen LogP contribution in [0.3, 0.4) is 0 Å². The lowest BCUT2D eigenvalue weighted by atomic mass is 10.0. The van der Waals surface area contributed by atoms with Gasteiger partial charge in [0, 0.05) is 27.1 Å². The molecule has 0 saturated carbocycles. The molecule has 1 heterocycles. The van der Waals surface area contributed by atoms with Crippen molar-refractivity contribution in [2.75, 3.05) is 33.5 Å². The predicted octanol–water partition coefficient (Wildman–Crippen LogP) is 2.01. The minimum absolute atomic E-state index is 0.00958. The fourth-order valence-corrected chi connectivity index (χ4v) is 3.98. The lowest BCUT2D eigenvalue weighted by Crippen LogP contribution is -2.53. The number of nitrogens with zero attached hydrogens (tertiary/aromatic N) is 1. The van der Waals surface area contributed by atoms with Crippen molar-refractivity contribution >= 4 is 29.5 Å². The van der Waals surface area contributed by atoms with Gasteiger partial charge in [0.2, 0.25) is 0 Å². The molecule has 4 atom stereocenters. The van der Waals surface area contributed by atoms with Crippen LogP contribution in [0.1, 0.15) is 39.2 Å². The molecule has 1 saturated heterocycles.